The predicted octanol–water partition coefficient (Wildman–Crippen LogP) is 2.95. The molecule has 0 radical (unpaired) electrons. The fraction of sp³-hybridized carbons (Fsp3) is 0.471. The van der Waals surface area contributed by atoms with Crippen LogP contribution in [0, 0.1) is 5.92 Å². The topological polar surface area (TPSA) is 84.5 Å². The fourth-order valence-electron chi connectivity index (χ4n) is 1.80. The van der Waals surface area contributed by atoms with E-state index >= 15 is 0 Å². The molecular formula is C17H24N2O4. The van der Waals surface area contributed by atoms with Crippen LogP contribution in [-0.4, -0.2) is 23.9 Å². The third kappa shape index (κ3) is 7.44. The predicted molar refractivity (Wildman–Crippen MR) is 89.0 cm³/mol. The van der Waals surface area contributed by atoms with Crippen LogP contribution < -0.4 is 10.6 Å². The van der Waals surface area contributed by atoms with Crippen molar-refractivity contribution in [2.45, 2.75) is 46.6 Å². The summed E-state index contributed by atoms with van der Waals surface area (Å²) in [6.07, 6.45) is 0.183. The van der Waals surface area contributed by atoms with Gasteiger partial charge in [0.25, 0.3) is 5.91 Å². The first-order chi connectivity index (χ1) is 10.8. The van der Waals surface area contributed by atoms with Crippen LogP contribution in [0.15, 0.2) is 24.3 Å². The van der Waals surface area contributed by atoms with Gasteiger partial charge in [-0.25, -0.2) is 0 Å². The first-order valence-corrected chi connectivity index (χ1v) is 7.66. The standard InChI is InChI=1S/C17H24N2O4/c1-11(2)5-10-16(21)23-12(3)17(22)19-15-8-6-14(7-9-15)18-13(4)20/h6-9,11-12H,5,10H2,1-4H3,(H,18,20)(H,19,22)/t12-/m1/s1. The SMILES string of the molecule is CC(=O)Nc1ccc(NC(=O)[C@@H](C)OC(=O)CCC(C)C)cc1. The van der Waals surface area contributed by atoms with Crippen molar-refractivity contribution in [2.24, 2.45) is 5.92 Å². The van der Waals surface area contributed by atoms with Gasteiger partial charge in [0.15, 0.2) is 6.10 Å². The molecule has 0 aliphatic rings. The van der Waals surface area contributed by atoms with Gasteiger partial charge in [-0.2, -0.15) is 0 Å². The van der Waals surface area contributed by atoms with Gasteiger partial charge in [-0.3, -0.25) is 14.4 Å². The number of nitrogens with one attached hydrogen (secondary N) is 2. The van der Waals surface area contributed by atoms with Crippen molar-refractivity contribution >= 4 is 29.2 Å². The Hall–Kier alpha value is -2.37. The highest BCUT2D eigenvalue weighted by Crippen LogP contribution is 2.14. The van der Waals surface area contributed by atoms with E-state index in [1.165, 1.54) is 13.8 Å². The second kappa shape index (κ2) is 8.92. The molecule has 0 unspecified atom stereocenters. The second-order valence-electron chi connectivity index (χ2n) is 5.81. The molecule has 0 saturated heterocycles. The minimum atomic E-state index is -0.857. The number of benzene rings is 1. The summed E-state index contributed by atoms with van der Waals surface area (Å²) in [5, 5.41) is 5.30. The molecule has 126 valence electrons. The molecule has 0 aromatic heterocycles. The number of ether oxygens (including phenoxy) is 1. The highest BCUT2D eigenvalue weighted by Gasteiger charge is 2.18. The number of amides is 2. The Bertz CT molecular complexity index is 552. The molecule has 0 bridgehead atoms. The monoisotopic (exact) mass is 320 g/mol. The third-order valence-electron chi connectivity index (χ3n) is 3.08. The normalized spacial score (nSPS) is 11.7. The largest absolute Gasteiger partial charge is 0.453 e. The van der Waals surface area contributed by atoms with Crippen molar-refractivity contribution in [1.82, 2.24) is 0 Å². The van der Waals surface area contributed by atoms with Crippen LogP contribution in [0.5, 0.6) is 0 Å². The molecule has 23 heavy (non-hydrogen) atoms. The van der Waals surface area contributed by atoms with E-state index in [9.17, 15) is 14.4 Å². The maximum Gasteiger partial charge on any atom is 0.306 e. The summed E-state index contributed by atoms with van der Waals surface area (Å²) in [7, 11) is 0. The van der Waals surface area contributed by atoms with Crippen molar-refractivity contribution in [3.8, 4) is 0 Å². The van der Waals surface area contributed by atoms with Crippen LogP contribution in [0.25, 0.3) is 0 Å². The highest BCUT2D eigenvalue weighted by molar-refractivity contribution is 5.95. The number of carbonyl (C=O) groups is 3. The Balaban J connectivity index is 2.48. The Morgan fingerprint density at radius 3 is 2.00 bits per heavy atom. The molecule has 6 nitrogen and oxygen atoms in total. The molecule has 1 aromatic carbocycles. The van der Waals surface area contributed by atoms with Crippen molar-refractivity contribution < 1.29 is 19.1 Å². The van der Waals surface area contributed by atoms with Crippen molar-refractivity contribution in [3.63, 3.8) is 0 Å². The molecule has 1 rings (SSSR count). The van der Waals surface area contributed by atoms with E-state index in [2.05, 4.69) is 10.6 Å². The number of carbonyl (C=O) groups excluding carboxylic acids is 3. The number of hydrogen-bond donors (Lipinski definition) is 2. The maximum absolute atomic E-state index is 12.0. The van der Waals surface area contributed by atoms with E-state index < -0.39 is 12.0 Å². The number of hydrogen-bond acceptors (Lipinski definition) is 4. The lowest BCUT2D eigenvalue weighted by atomic mass is 10.1. The minimum Gasteiger partial charge on any atom is -0.453 e. The number of esters is 1. The summed E-state index contributed by atoms with van der Waals surface area (Å²) in [5.74, 6) is -0.518. The summed E-state index contributed by atoms with van der Waals surface area (Å²) in [6.45, 7) is 7.00. The van der Waals surface area contributed by atoms with Gasteiger partial charge >= 0.3 is 5.97 Å². The van der Waals surface area contributed by atoms with Crippen LogP contribution in [0.1, 0.15) is 40.5 Å². The van der Waals surface area contributed by atoms with Gasteiger partial charge in [-0.1, -0.05) is 13.8 Å². The van der Waals surface area contributed by atoms with Crippen molar-refractivity contribution in [3.05, 3.63) is 24.3 Å². The quantitative estimate of drug-likeness (QED) is 0.756. The molecule has 0 aliphatic carbocycles. The molecule has 6 heteroatoms. The van der Waals surface area contributed by atoms with E-state index in [1.54, 1.807) is 24.3 Å². The van der Waals surface area contributed by atoms with Crippen molar-refractivity contribution in [1.29, 1.82) is 0 Å². The molecule has 0 fully saturated rings. The second-order valence-corrected chi connectivity index (χ2v) is 5.81. The van der Waals surface area contributed by atoms with E-state index in [1.807, 2.05) is 13.8 Å². The number of rotatable bonds is 7. The average Bonchev–Trinajstić information content (AvgIpc) is 2.46. The third-order valence-corrected chi connectivity index (χ3v) is 3.08. The zero-order valence-corrected chi connectivity index (χ0v) is 14.0. The molecule has 2 N–H and O–H groups in total. The molecule has 0 saturated carbocycles. The number of anilines is 2. The van der Waals surface area contributed by atoms with Gasteiger partial charge in [-0.15, -0.1) is 0 Å². The Morgan fingerprint density at radius 1 is 1.00 bits per heavy atom. The minimum absolute atomic E-state index is 0.163. The smallest absolute Gasteiger partial charge is 0.306 e. The van der Waals surface area contributed by atoms with Crippen LogP contribution >= 0.6 is 0 Å². The average molecular weight is 320 g/mol. The summed E-state index contributed by atoms with van der Waals surface area (Å²) in [5.41, 5.74) is 1.21. The molecule has 0 spiro atoms. The van der Waals surface area contributed by atoms with E-state index in [4.69, 9.17) is 4.74 Å². The lowest BCUT2D eigenvalue weighted by molar-refractivity contribution is -0.153. The molecule has 1 atom stereocenters. The van der Waals surface area contributed by atoms with Gasteiger partial charge in [0.05, 0.1) is 0 Å². The first-order valence-electron chi connectivity index (χ1n) is 7.66. The van der Waals surface area contributed by atoms with Gasteiger partial charge in [-0.05, 0) is 43.5 Å². The maximum atomic E-state index is 12.0. The molecule has 0 heterocycles. The van der Waals surface area contributed by atoms with E-state index in [-0.39, 0.29) is 11.9 Å². The highest BCUT2D eigenvalue weighted by atomic mass is 16.5. The first kappa shape index (κ1) is 18.7. The zero-order valence-electron chi connectivity index (χ0n) is 14.0. The molecular weight excluding hydrogens is 296 g/mol. The molecule has 1 aromatic rings. The van der Waals surface area contributed by atoms with E-state index in [0.29, 0.717) is 23.7 Å². The van der Waals surface area contributed by atoms with Crippen LogP contribution in [0.2, 0.25) is 0 Å². The summed E-state index contributed by atoms with van der Waals surface area (Å²) >= 11 is 0. The Morgan fingerprint density at radius 2 is 1.52 bits per heavy atom. The van der Waals surface area contributed by atoms with Crippen LogP contribution in [-0.2, 0) is 19.1 Å². The lowest BCUT2D eigenvalue weighted by Gasteiger charge is -2.14. The summed E-state index contributed by atoms with van der Waals surface area (Å²) in [4.78, 5) is 34.5. The summed E-state index contributed by atoms with van der Waals surface area (Å²) in [6, 6.07) is 6.68. The van der Waals surface area contributed by atoms with Gasteiger partial charge in [0, 0.05) is 24.7 Å². The molecule has 2 amide bonds. The summed E-state index contributed by atoms with van der Waals surface area (Å²) < 4.78 is 5.10. The van der Waals surface area contributed by atoms with Crippen molar-refractivity contribution in [2.75, 3.05) is 10.6 Å². The van der Waals surface area contributed by atoms with Gasteiger partial charge < -0.3 is 15.4 Å². The lowest BCUT2D eigenvalue weighted by Crippen LogP contribution is -2.30. The Labute approximate surface area is 136 Å². The van der Waals surface area contributed by atoms with Crippen LogP contribution in [0.4, 0.5) is 11.4 Å². The Kier molecular flexibility index (Phi) is 7.25. The van der Waals surface area contributed by atoms with Gasteiger partial charge in [0.1, 0.15) is 0 Å². The van der Waals surface area contributed by atoms with E-state index in [0.717, 1.165) is 6.42 Å². The van der Waals surface area contributed by atoms with Crippen LogP contribution in [0.3, 0.4) is 0 Å². The molecule has 0 aliphatic heterocycles. The van der Waals surface area contributed by atoms with Gasteiger partial charge in [0.2, 0.25) is 5.91 Å². The zero-order chi connectivity index (χ0) is 17.4. The fourth-order valence-corrected chi connectivity index (χ4v) is 1.80.